The van der Waals surface area contributed by atoms with Crippen molar-refractivity contribution >= 4 is 11.5 Å². The molecule has 2 aliphatic rings. The number of anilines is 2. The fourth-order valence-electron chi connectivity index (χ4n) is 3.22. The summed E-state index contributed by atoms with van der Waals surface area (Å²) in [6, 6.07) is 1.96. The van der Waals surface area contributed by atoms with Crippen LogP contribution in [-0.4, -0.2) is 48.1 Å². The van der Waals surface area contributed by atoms with Crippen LogP contribution in [0, 0.1) is 0 Å². The van der Waals surface area contributed by atoms with E-state index in [4.69, 9.17) is 0 Å². The second-order valence-corrected chi connectivity index (χ2v) is 6.24. The zero-order valence-electron chi connectivity index (χ0n) is 12.8. The predicted octanol–water partition coefficient (Wildman–Crippen LogP) is 2.82. The van der Waals surface area contributed by atoms with Gasteiger partial charge < -0.3 is 10.2 Å². The Balaban J connectivity index is 1.89. The Hall–Kier alpha value is -1.50. The number of hydrogen-bond acceptors (Lipinski definition) is 4. The third kappa shape index (κ3) is 2.86. The number of halogens is 3. The highest BCUT2D eigenvalue weighted by Crippen LogP contribution is 2.36. The number of rotatable bonds is 1. The first-order valence-electron chi connectivity index (χ1n) is 7.68. The molecule has 0 amide bonds. The van der Waals surface area contributed by atoms with Crippen molar-refractivity contribution in [1.82, 2.24) is 9.88 Å². The zero-order chi connectivity index (χ0) is 15.9. The fourth-order valence-corrected chi connectivity index (χ4v) is 3.22. The first kappa shape index (κ1) is 15.4. The summed E-state index contributed by atoms with van der Waals surface area (Å²) >= 11 is 0. The lowest BCUT2D eigenvalue weighted by Crippen LogP contribution is -2.55. The molecule has 122 valence electrons. The monoisotopic (exact) mass is 314 g/mol. The van der Waals surface area contributed by atoms with E-state index < -0.39 is 11.7 Å². The normalized spacial score (nSPS) is 22.8. The standard InChI is InChI=1S/C15H21F3N4/c1-10(2)21-5-6-22-12(9-21)3-4-19-13-7-11(15(16,17)18)8-20-14(13)22/h7-8,10,12,19H,3-6,9H2,1-2H3/t12-/m1/s1. The second-order valence-electron chi connectivity index (χ2n) is 6.24. The van der Waals surface area contributed by atoms with E-state index in [1.807, 2.05) is 0 Å². The molecule has 3 heterocycles. The van der Waals surface area contributed by atoms with Crippen molar-refractivity contribution in [3.8, 4) is 0 Å². The highest BCUT2D eigenvalue weighted by molar-refractivity contribution is 5.68. The van der Waals surface area contributed by atoms with Crippen molar-refractivity contribution in [2.75, 3.05) is 36.4 Å². The van der Waals surface area contributed by atoms with E-state index in [9.17, 15) is 13.2 Å². The summed E-state index contributed by atoms with van der Waals surface area (Å²) in [5.74, 6) is 0.652. The first-order chi connectivity index (χ1) is 10.4. The van der Waals surface area contributed by atoms with Crippen LogP contribution in [0.4, 0.5) is 24.7 Å². The van der Waals surface area contributed by atoms with Crippen LogP contribution >= 0.6 is 0 Å². The maximum absolute atomic E-state index is 12.8. The van der Waals surface area contributed by atoms with Crippen molar-refractivity contribution in [2.24, 2.45) is 0 Å². The molecule has 1 aromatic rings. The Morgan fingerprint density at radius 3 is 2.77 bits per heavy atom. The maximum Gasteiger partial charge on any atom is 0.417 e. The molecular weight excluding hydrogens is 293 g/mol. The van der Waals surface area contributed by atoms with E-state index in [-0.39, 0.29) is 0 Å². The van der Waals surface area contributed by atoms with Crippen LogP contribution in [0.25, 0.3) is 0 Å². The van der Waals surface area contributed by atoms with Gasteiger partial charge in [-0.1, -0.05) is 0 Å². The summed E-state index contributed by atoms with van der Waals surface area (Å²) < 4.78 is 38.5. The molecule has 7 heteroatoms. The van der Waals surface area contributed by atoms with Crippen LogP contribution in [0.5, 0.6) is 0 Å². The minimum Gasteiger partial charge on any atom is -0.382 e. The van der Waals surface area contributed by atoms with Crippen molar-refractivity contribution in [3.05, 3.63) is 17.8 Å². The molecule has 0 aliphatic carbocycles. The molecule has 0 radical (unpaired) electrons. The van der Waals surface area contributed by atoms with Gasteiger partial charge in [-0.3, -0.25) is 4.90 Å². The Labute approximate surface area is 128 Å². The van der Waals surface area contributed by atoms with Crippen LogP contribution in [0.3, 0.4) is 0 Å². The summed E-state index contributed by atoms with van der Waals surface area (Å²) in [5.41, 5.74) is -0.201. The van der Waals surface area contributed by atoms with Crippen molar-refractivity contribution in [2.45, 2.75) is 38.5 Å². The Morgan fingerprint density at radius 1 is 1.32 bits per heavy atom. The molecule has 0 unspecified atom stereocenters. The summed E-state index contributed by atoms with van der Waals surface area (Å²) in [4.78, 5) is 8.70. The third-order valence-electron chi connectivity index (χ3n) is 4.50. The van der Waals surface area contributed by atoms with Gasteiger partial charge in [0.1, 0.15) is 0 Å². The maximum atomic E-state index is 12.8. The van der Waals surface area contributed by atoms with Crippen molar-refractivity contribution in [3.63, 3.8) is 0 Å². The van der Waals surface area contributed by atoms with Gasteiger partial charge >= 0.3 is 6.18 Å². The van der Waals surface area contributed by atoms with Crippen LogP contribution in [-0.2, 0) is 6.18 Å². The minimum atomic E-state index is -4.36. The molecule has 3 rings (SSSR count). The number of hydrogen-bond donors (Lipinski definition) is 1. The number of piperazine rings is 1. The van der Waals surface area contributed by atoms with Crippen molar-refractivity contribution < 1.29 is 13.2 Å². The number of alkyl halides is 3. The predicted molar refractivity (Wildman–Crippen MR) is 80.2 cm³/mol. The number of fused-ring (bicyclic) bond motifs is 3. The molecule has 0 bridgehead atoms. The summed E-state index contributed by atoms with van der Waals surface area (Å²) in [7, 11) is 0. The largest absolute Gasteiger partial charge is 0.417 e. The molecule has 1 N–H and O–H groups in total. The van der Waals surface area contributed by atoms with Crippen LogP contribution in [0.15, 0.2) is 12.3 Å². The van der Waals surface area contributed by atoms with Gasteiger partial charge in [0, 0.05) is 44.5 Å². The lowest BCUT2D eigenvalue weighted by Gasteiger charge is -2.43. The Kier molecular flexibility index (Phi) is 3.92. The van der Waals surface area contributed by atoms with E-state index in [0.29, 0.717) is 30.1 Å². The second kappa shape index (κ2) is 5.61. The lowest BCUT2D eigenvalue weighted by atomic mass is 10.1. The molecule has 1 saturated heterocycles. The SMILES string of the molecule is CC(C)N1CCN2c3ncc(C(F)(F)F)cc3NCC[C@@H]2C1. The number of nitrogens with zero attached hydrogens (tertiary/aromatic N) is 3. The molecule has 1 fully saturated rings. The van der Waals surface area contributed by atoms with Gasteiger partial charge in [0.05, 0.1) is 11.3 Å². The fraction of sp³-hybridized carbons (Fsp3) is 0.667. The van der Waals surface area contributed by atoms with E-state index in [0.717, 1.165) is 32.3 Å². The van der Waals surface area contributed by atoms with E-state index >= 15 is 0 Å². The number of aromatic nitrogens is 1. The molecule has 2 aliphatic heterocycles. The van der Waals surface area contributed by atoms with Gasteiger partial charge in [-0.05, 0) is 26.3 Å². The molecule has 1 aromatic heterocycles. The minimum absolute atomic E-state index is 0.300. The van der Waals surface area contributed by atoms with Crippen LogP contribution in [0.1, 0.15) is 25.8 Å². The third-order valence-corrected chi connectivity index (χ3v) is 4.50. The van der Waals surface area contributed by atoms with Gasteiger partial charge in [0.15, 0.2) is 5.82 Å². The quantitative estimate of drug-likeness (QED) is 0.864. The van der Waals surface area contributed by atoms with Crippen LogP contribution < -0.4 is 10.2 Å². The Morgan fingerprint density at radius 2 is 2.09 bits per heavy atom. The molecular formula is C15H21F3N4. The highest BCUT2D eigenvalue weighted by Gasteiger charge is 2.35. The molecule has 0 aromatic carbocycles. The van der Waals surface area contributed by atoms with Gasteiger partial charge in [0.25, 0.3) is 0 Å². The van der Waals surface area contributed by atoms with Gasteiger partial charge in [-0.15, -0.1) is 0 Å². The van der Waals surface area contributed by atoms with Gasteiger partial charge in [-0.2, -0.15) is 13.2 Å². The summed E-state index contributed by atoms with van der Waals surface area (Å²) in [6.45, 7) is 7.66. The lowest BCUT2D eigenvalue weighted by molar-refractivity contribution is -0.137. The van der Waals surface area contributed by atoms with Crippen molar-refractivity contribution in [1.29, 1.82) is 0 Å². The smallest absolute Gasteiger partial charge is 0.382 e. The Bertz CT molecular complexity index is 544. The molecule has 0 saturated carbocycles. The summed E-state index contributed by atoms with van der Waals surface area (Å²) in [5, 5.41) is 3.12. The average molecular weight is 314 g/mol. The first-order valence-corrected chi connectivity index (χ1v) is 7.68. The van der Waals surface area contributed by atoms with Gasteiger partial charge in [0.2, 0.25) is 0 Å². The number of nitrogens with one attached hydrogen (secondary N) is 1. The molecule has 0 spiro atoms. The van der Waals surface area contributed by atoms with Gasteiger partial charge in [-0.25, -0.2) is 4.98 Å². The van der Waals surface area contributed by atoms with Crippen LogP contribution in [0.2, 0.25) is 0 Å². The average Bonchev–Trinajstić information content (AvgIpc) is 2.64. The topological polar surface area (TPSA) is 31.4 Å². The zero-order valence-corrected chi connectivity index (χ0v) is 12.8. The van der Waals surface area contributed by atoms with E-state index in [2.05, 4.69) is 33.9 Å². The molecule has 4 nitrogen and oxygen atoms in total. The molecule has 22 heavy (non-hydrogen) atoms. The summed E-state index contributed by atoms with van der Waals surface area (Å²) in [6.07, 6.45) is -2.51. The van der Waals surface area contributed by atoms with E-state index in [1.54, 1.807) is 0 Å². The highest BCUT2D eigenvalue weighted by atomic mass is 19.4. The van der Waals surface area contributed by atoms with E-state index in [1.165, 1.54) is 6.07 Å². The number of pyridine rings is 1. The molecule has 1 atom stereocenters.